The molecule has 20 heavy (non-hydrogen) atoms. The normalized spacial score (nSPS) is 11.2. The van der Waals surface area contributed by atoms with Crippen LogP contribution < -0.4 is 15.8 Å². The maximum absolute atomic E-state index is 12.7. The van der Waals surface area contributed by atoms with E-state index in [1.807, 2.05) is 6.07 Å². The highest BCUT2D eigenvalue weighted by molar-refractivity contribution is 7.93. The molecule has 0 aliphatic rings. The first-order valence-corrected chi connectivity index (χ1v) is 7.63. The first-order valence-electron chi connectivity index (χ1n) is 6.19. The lowest BCUT2D eigenvalue weighted by Crippen LogP contribution is -2.31. The molecule has 2 aromatic rings. The van der Waals surface area contributed by atoms with Gasteiger partial charge in [0.2, 0.25) is 0 Å². The van der Waals surface area contributed by atoms with Crippen LogP contribution in [0.4, 0.5) is 17.1 Å². The Hall–Kier alpha value is -2.21. The largest absolute Gasteiger partial charge is 0.399 e. The van der Waals surface area contributed by atoms with Crippen LogP contribution in [0.15, 0.2) is 53.4 Å². The second-order valence-corrected chi connectivity index (χ2v) is 6.13. The molecule has 0 saturated heterocycles. The molecule has 0 spiro atoms. The molecule has 0 radical (unpaired) electrons. The average Bonchev–Trinajstić information content (AvgIpc) is 2.40. The Bertz CT molecular complexity index is 700. The zero-order valence-corrected chi connectivity index (χ0v) is 12.0. The maximum Gasteiger partial charge on any atom is 0.266 e. The molecule has 6 heteroatoms. The van der Waals surface area contributed by atoms with Crippen LogP contribution in [0.1, 0.15) is 6.92 Å². The molecule has 106 valence electrons. The number of nitrogens with two attached hydrogens (primary N) is 2. The Morgan fingerprint density at radius 1 is 1.05 bits per heavy atom. The lowest BCUT2D eigenvalue weighted by Gasteiger charge is -2.23. The summed E-state index contributed by atoms with van der Waals surface area (Å²) in [6.07, 6.45) is 0. The van der Waals surface area contributed by atoms with Crippen molar-refractivity contribution in [3.63, 3.8) is 0 Å². The van der Waals surface area contributed by atoms with Gasteiger partial charge in [-0.3, -0.25) is 4.31 Å². The summed E-state index contributed by atoms with van der Waals surface area (Å²) in [6, 6.07) is 13.3. The van der Waals surface area contributed by atoms with Crippen molar-refractivity contribution in [1.29, 1.82) is 0 Å². The van der Waals surface area contributed by atoms with E-state index < -0.39 is 10.0 Å². The molecular weight excluding hydrogens is 274 g/mol. The van der Waals surface area contributed by atoms with E-state index in [0.717, 1.165) is 0 Å². The predicted molar refractivity (Wildman–Crippen MR) is 81.9 cm³/mol. The van der Waals surface area contributed by atoms with Crippen molar-refractivity contribution < 1.29 is 8.42 Å². The van der Waals surface area contributed by atoms with Crippen molar-refractivity contribution >= 4 is 27.1 Å². The third-order valence-corrected chi connectivity index (χ3v) is 4.91. The fourth-order valence-electron chi connectivity index (χ4n) is 2.01. The Morgan fingerprint density at radius 3 is 2.25 bits per heavy atom. The minimum atomic E-state index is -3.70. The smallest absolute Gasteiger partial charge is 0.266 e. The van der Waals surface area contributed by atoms with Gasteiger partial charge >= 0.3 is 0 Å². The van der Waals surface area contributed by atoms with Gasteiger partial charge in [-0.1, -0.05) is 18.2 Å². The standard InChI is InChI=1S/C14H17N3O2S/c1-2-17(12-6-4-3-5-7-12)20(18,19)14-9-8-11(15)10-13(14)16/h3-10H,2,15-16H2,1H3. The van der Waals surface area contributed by atoms with Gasteiger partial charge in [-0.15, -0.1) is 0 Å². The highest BCUT2D eigenvalue weighted by Crippen LogP contribution is 2.27. The van der Waals surface area contributed by atoms with Crippen LogP contribution in [0.25, 0.3) is 0 Å². The zero-order chi connectivity index (χ0) is 14.8. The molecular formula is C14H17N3O2S. The van der Waals surface area contributed by atoms with Crippen LogP contribution in [0.2, 0.25) is 0 Å². The minimum Gasteiger partial charge on any atom is -0.399 e. The van der Waals surface area contributed by atoms with Gasteiger partial charge in [0.25, 0.3) is 10.0 Å². The van der Waals surface area contributed by atoms with E-state index in [1.54, 1.807) is 31.2 Å². The third kappa shape index (κ3) is 2.55. The number of benzene rings is 2. The molecule has 0 aromatic heterocycles. The van der Waals surface area contributed by atoms with Gasteiger partial charge in [0, 0.05) is 12.2 Å². The van der Waals surface area contributed by atoms with Crippen LogP contribution in [-0.2, 0) is 10.0 Å². The number of para-hydroxylation sites is 1. The summed E-state index contributed by atoms with van der Waals surface area (Å²) in [5, 5.41) is 0. The number of sulfonamides is 1. The van der Waals surface area contributed by atoms with E-state index in [2.05, 4.69) is 0 Å². The lowest BCUT2D eigenvalue weighted by molar-refractivity contribution is 0.592. The Morgan fingerprint density at radius 2 is 1.70 bits per heavy atom. The number of hydrogen-bond donors (Lipinski definition) is 2. The number of rotatable bonds is 4. The molecule has 0 bridgehead atoms. The molecule has 0 aliphatic heterocycles. The molecule has 5 nitrogen and oxygen atoms in total. The monoisotopic (exact) mass is 291 g/mol. The van der Waals surface area contributed by atoms with Gasteiger partial charge < -0.3 is 11.5 Å². The van der Waals surface area contributed by atoms with Crippen molar-refractivity contribution in [1.82, 2.24) is 0 Å². The topological polar surface area (TPSA) is 89.4 Å². The number of nitrogen functional groups attached to an aromatic ring is 2. The fraction of sp³-hybridized carbons (Fsp3) is 0.143. The van der Waals surface area contributed by atoms with Crippen LogP contribution in [0.3, 0.4) is 0 Å². The van der Waals surface area contributed by atoms with E-state index in [0.29, 0.717) is 17.9 Å². The molecule has 4 N–H and O–H groups in total. The first-order chi connectivity index (χ1) is 9.46. The zero-order valence-electron chi connectivity index (χ0n) is 11.2. The molecule has 0 amide bonds. The summed E-state index contributed by atoms with van der Waals surface area (Å²) < 4.78 is 26.7. The summed E-state index contributed by atoms with van der Waals surface area (Å²) >= 11 is 0. The quantitative estimate of drug-likeness (QED) is 0.844. The van der Waals surface area contributed by atoms with E-state index in [9.17, 15) is 8.42 Å². The molecule has 0 unspecified atom stereocenters. The molecule has 2 aromatic carbocycles. The summed E-state index contributed by atoms with van der Waals surface area (Å²) in [6.45, 7) is 2.09. The summed E-state index contributed by atoms with van der Waals surface area (Å²) in [4.78, 5) is 0.0670. The number of anilines is 3. The van der Waals surface area contributed by atoms with E-state index in [1.165, 1.54) is 22.5 Å². The maximum atomic E-state index is 12.7. The Kier molecular flexibility index (Phi) is 3.85. The molecule has 0 saturated carbocycles. The van der Waals surface area contributed by atoms with Gasteiger partial charge in [0.05, 0.1) is 11.4 Å². The van der Waals surface area contributed by atoms with Crippen LogP contribution >= 0.6 is 0 Å². The highest BCUT2D eigenvalue weighted by atomic mass is 32.2. The summed E-state index contributed by atoms with van der Waals surface area (Å²) in [5.41, 5.74) is 12.6. The molecule has 0 aliphatic carbocycles. The number of hydrogen-bond acceptors (Lipinski definition) is 4. The number of nitrogens with zero attached hydrogens (tertiary/aromatic N) is 1. The second kappa shape index (κ2) is 5.42. The summed E-state index contributed by atoms with van der Waals surface area (Å²) in [5.74, 6) is 0. The van der Waals surface area contributed by atoms with Crippen molar-refractivity contribution in [2.45, 2.75) is 11.8 Å². The van der Waals surface area contributed by atoms with Crippen LogP contribution in [0.5, 0.6) is 0 Å². The van der Waals surface area contributed by atoms with E-state index in [4.69, 9.17) is 11.5 Å². The molecule has 0 fully saturated rings. The highest BCUT2D eigenvalue weighted by Gasteiger charge is 2.25. The van der Waals surface area contributed by atoms with E-state index in [-0.39, 0.29) is 10.6 Å². The van der Waals surface area contributed by atoms with Crippen molar-refractivity contribution in [2.24, 2.45) is 0 Å². The van der Waals surface area contributed by atoms with Gasteiger partial charge in [-0.05, 0) is 37.3 Å². The average molecular weight is 291 g/mol. The van der Waals surface area contributed by atoms with Gasteiger partial charge in [0.15, 0.2) is 0 Å². The lowest BCUT2D eigenvalue weighted by atomic mass is 10.3. The van der Waals surface area contributed by atoms with Crippen LogP contribution in [-0.4, -0.2) is 15.0 Å². The Labute approximate surface area is 118 Å². The molecule has 0 atom stereocenters. The van der Waals surface area contributed by atoms with E-state index >= 15 is 0 Å². The molecule has 2 rings (SSSR count). The SMILES string of the molecule is CCN(c1ccccc1)S(=O)(=O)c1ccc(N)cc1N. The van der Waals surface area contributed by atoms with Gasteiger partial charge in [-0.2, -0.15) is 0 Å². The van der Waals surface area contributed by atoms with Gasteiger partial charge in [0.1, 0.15) is 4.90 Å². The van der Waals surface area contributed by atoms with Crippen molar-refractivity contribution in [3.8, 4) is 0 Å². The second-order valence-electron chi connectivity index (χ2n) is 4.30. The summed E-state index contributed by atoms with van der Waals surface area (Å²) in [7, 11) is -3.70. The van der Waals surface area contributed by atoms with Crippen molar-refractivity contribution in [2.75, 3.05) is 22.3 Å². The van der Waals surface area contributed by atoms with Gasteiger partial charge in [-0.25, -0.2) is 8.42 Å². The fourth-order valence-corrected chi connectivity index (χ4v) is 3.58. The molecule has 0 heterocycles. The Balaban J connectivity index is 2.53. The van der Waals surface area contributed by atoms with Crippen LogP contribution in [0, 0.1) is 0 Å². The first kappa shape index (κ1) is 14.2. The van der Waals surface area contributed by atoms with Crippen molar-refractivity contribution in [3.05, 3.63) is 48.5 Å². The third-order valence-electron chi connectivity index (χ3n) is 2.93. The minimum absolute atomic E-state index is 0.0670. The predicted octanol–water partition coefficient (Wildman–Crippen LogP) is 2.07.